The van der Waals surface area contributed by atoms with E-state index in [4.69, 9.17) is 16.3 Å². The highest BCUT2D eigenvalue weighted by Gasteiger charge is 2.12. The Morgan fingerprint density at radius 2 is 2.16 bits per heavy atom. The Hall–Kier alpha value is -1.56. The molecule has 0 fully saturated rings. The van der Waals surface area contributed by atoms with Crippen LogP contribution in [0.5, 0.6) is 11.5 Å². The number of carbonyl (C=O) groups is 1. The highest BCUT2D eigenvalue weighted by molar-refractivity contribution is 6.18. The number of amides is 1. The molecule has 1 aromatic rings. The molecule has 1 rings (SSSR count). The van der Waals surface area contributed by atoms with Gasteiger partial charge < -0.3 is 14.8 Å². The van der Waals surface area contributed by atoms with Crippen molar-refractivity contribution in [2.24, 2.45) is 0 Å². The molecule has 0 atom stereocenters. The Bertz CT molecular complexity index is 429. The minimum absolute atomic E-state index is 0.132. The first-order chi connectivity index (χ1) is 9.06. The summed E-state index contributed by atoms with van der Waals surface area (Å²) < 4.78 is 33.6. The smallest absolute Gasteiger partial charge is 0.387 e. The third-order valence-electron chi connectivity index (χ3n) is 2.20. The van der Waals surface area contributed by atoms with Crippen molar-refractivity contribution in [2.75, 3.05) is 18.3 Å². The standard InChI is InChI=1S/C12H14ClF2NO3/c1-18-9-5-4-8(7-10(9)19-12(14)15)16-11(17)3-2-6-13/h4-5,7,12H,2-3,6H2,1H3,(H,16,17). The van der Waals surface area contributed by atoms with E-state index in [9.17, 15) is 13.6 Å². The van der Waals surface area contributed by atoms with Crippen molar-refractivity contribution < 1.29 is 23.0 Å². The van der Waals surface area contributed by atoms with Crippen LogP contribution in [-0.2, 0) is 4.79 Å². The quantitative estimate of drug-likeness (QED) is 0.785. The number of benzene rings is 1. The van der Waals surface area contributed by atoms with Crippen LogP contribution in [0.3, 0.4) is 0 Å². The van der Waals surface area contributed by atoms with Crippen molar-refractivity contribution in [3.63, 3.8) is 0 Å². The summed E-state index contributed by atoms with van der Waals surface area (Å²) in [6.07, 6.45) is 0.810. The normalized spacial score (nSPS) is 10.4. The van der Waals surface area contributed by atoms with Gasteiger partial charge in [0.1, 0.15) is 0 Å². The monoisotopic (exact) mass is 293 g/mol. The summed E-state index contributed by atoms with van der Waals surface area (Å²) in [7, 11) is 1.34. The Morgan fingerprint density at radius 3 is 2.74 bits per heavy atom. The van der Waals surface area contributed by atoms with Crippen LogP contribution in [0.25, 0.3) is 0 Å². The van der Waals surface area contributed by atoms with Crippen LogP contribution in [0.15, 0.2) is 18.2 Å². The van der Waals surface area contributed by atoms with Crippen molar-refractivity contribution >= 4 is 23.2 Å². The first-order valence-electron chi connectivity index (χ1n) is 5.55. The van der Waals surface area contributed by atoms with Gasteiger partial charge in [-0.15, -0.1) is 11.6 Å². The van der Waals surface area contributed by atoms with Crippen molar-refractivity contribution in [2.45, 2.75) is 19.5 Å². The Morgan fingerprint density at radius 1 is 1.42 bits per heavy atom. The average molecular weight is 294 g/mol. The highest BCUT2D eigenvalue weighted by Crippen LogP contribution is 2.31. The highest BCUT2D eigenvalue weighted by atomic mass is 35.5. The number of halogens is 3. The molecule has 0 saturated carbocycles. The molecule has 0 unspecified atom stereocenters. The van der Waals surface area contributed by atoms with Crippen molar-refractivity contribution in [1.29, 1.82) is 0 Å². The maximum atomic E-state index is 12.2. The van der Waals surface area contributed by atoms with Crippen LogP contribution in [0.4, 0.5) is 14.5 Å². The van der Waals surface area contributed by atoms with E-state index < -0.39 is 6.61 Å². The molecule has 1 amide bonds. The molecule has 0 radical (unpaired) electrons. The topological polar surface area (TPSA) is 47.6 Å². The first-order valence-corrected chi connectivity index (χ1v) is 6.09. The van der Waals surface area contributed by atoms with Gasteiger partial charge >= 0.3 is 6.61 Å². The van der Waals surface area contributed by atoms with Crippen LogP contribution in [0.2, 0.25) is 0 Å². The molecule has 7 heteroatoms. The third-order valence-corrected chi connectivity index (χ3v) is 2.47. The number of rotatable bonds is 7. The third kappa shape index (κ3) is 5.30. The molecule has 0 aliphatic heterocycles. The lowest BCUT2D eigenvalue weighted by molar-refractivity contribution is -0.116. The van der Waals surface area contributed by atoms with Gasteiger partial charge in [0.25, 0.3) is 0 Å². The fourth-order valence-electron chi connectivity index (χ4n) is 1.39. The van der Waals surface area contributed by atoms with Crippen molar-refractivity contribution in [3.8, 4) is 11.5 Å². The second-order valence-corrected chi connectivity index (χ2v) is 3.96. The molecule has 1 aromatic carbocycles. The maximum Gasteiger partial charge on any atom is 0.387 e. The first kappa shape index (κ1) is 15.5. The molecule has 1 N–H and O–H groups in total. The van der Waals surface area contributed by atoms with E-state index in [0.29, 0.717) is 18.0 Å². The molecule has 19 heavy (non-hydrogen) atoms. The lowest BCUT2D eigenvalue weighted by Crippen LogP contribution is -2.12. The van der Waals surface area contributed by atoms with Gasteiger partial charge in [0.2, 0.25) is 5.91 Å². The van der Waals surface area contributed by atoms with Gasteiger partial charge in [0, 0.05) is 24.1 Å². The van der Waals surface area contributed by atoms with Crippen LogP contribution in [0, 0.1) is 0 Å². The van der Waals surface area contributed by atoms with Crippen LogP contribution in [-0.4, -0.2) is 25.5 Å². The van der Waals surface area contributed by atoms with Gasteiger partial charge in [-0.25, -0.2) is 0 Å². The lowest BCUT2D eigenvalue weighted by Gasteiger charge is -2.12. The van der Waals surface area contributed by atoms with Gasteiger partial charge in [-0.3, -0.25) is 4.79 Å². The average Bonchev–Trinajstić information content (AvgIpc) is 2.36. The molecular formula is C12H14ClF2NO3. The molecule has 0 bridgehead atoms. The fourth-order valence-corrected chi connectivity index (χ4v) is 1.53. The van der Waals surface area contributed by atoms with E-state index in [0.717, 1.165) is 0 Å². The molecule has 0 aliphatic rings. The number of ether oxygens (including phenoxy) is 2. The molecule has 4 nitrogen and oxygen atoms in total. The predicted molar refractivity (Wildman–Crippen MR) is 68.2 cm³/mol. The van der Waals surface area contributed by atoms with Gasteiger partial charge in [0.15, 0.2) is 11.5 Å². The Kier molecular flexibility index (Phi) is 6.35. The zero-order chi connectivity index (χ0) is 14.3. The number of anilines is 1. The zero-order valence-electron chi connectivity index (χ0n) is 10.3. The van der Waals surface area contributed by atoms with E-state index in [2.05, 4.69) is 10.1 Å². The fraction of sp³-hybridized carbons (Fsp3) is 0.417. The van der Waals surface area contributed by atoms with E-state index in [1.54, 1.807) is 0 Å². The summed E-state index contributed by atoms with van der Waals surface area (Å²) >= 11 is 5.47. The number of hydrogen-bond acceptors (Lipinski definition) is 3. The largest absolute Gasteiger partial charge is 0.493 e. The van der Waals surface area contributed by atoms with Crippen LogP contribution < -0.4 is 14.8 Å². The Labute approximate surface area is 114 Å². The zero-order valence-corrected chi connectivity index (χ0v) is 11.0. The second kappa shape index (κ2) is 7.78. The molecule has 0 heterocycles. The van der Waals surface area contributed by atoms with E-state index in [1.807, 2.05) is 0 Å². The summed E-state index contributed by atoms with van der Waals surface area (Å²) in [6, 6.07) is 4.26. The Balaban J connectivity index is 2.77. The number of hydrogen-bond donors (Lipinski definition) is 1. The maximum absolute atomic E-state index is 12.2. The summed E-state index contributed by atoms with van der Waals surface area (Å²) in [5.74, 6) is 0.177. The van der Waals surface area contributed by atoms with Crippen molar-refractivity contribution in [3.05, 3.63) is 18.2 Å². The number of nitrogens with one attached hydrogen (secondary N) is 1. The summed E-state index contributed by atoms with van der Waals surface area (Å²) in [6.45, 7) is -2.96. The van der Waals surface area contributed by atoms with Gasteiger partial charge in [0.05, 0.1) is 7.11 Å². The second-order valence-electron chi connectivity index (χ2n) is 3.58. The molecule has 106 valence electrons. The van der Waals surface area contributed by atoms with Crippen LogP contribution in [0.1, 0.15) is 12.8 Å². The van der Waals surface area contributed by atoms with Gasteiger partial charge in [-0.2, -0.15) is 8.78 Å². The van der Waals surface area contributed by atoms with E-state index >= 15 is 0 Å². The number of alkyl halides is 3. The molecule has 0 aliphatic carbocycles. The van der Waals surface area contributed by atoms with Gasteiger partial charge in [-0.05, 0) is 18.6 Å². The summed E-state index contributed by atoms with van der Waals surface area (Å²) in [5, 5.41) is 2.56. The molecule has 0 spiro atoms. The lowest BCUT2D eigenvalue weighted by atomic mass is 10.2. The predicted octanol–water partition coefficient (Wildman–Crippen LogP) is 3.25. The number of carbonyl (C=O) groups excluding carboxylic acids is 1. The SMILES string of the molecule is COc1ccc(NC(=O)CCCCl)cc1OC(F)F. The molecule has 0 aromatic heterocycles. The number of methoxy groups -OCH3 is 1. The minimum atomic E-state index is -2.96. The molecular weight excluding hydrogens is 280 g/mol. The minimum Gasteiger partial charge on any atom is -0.493 e. The summed E-state index contributed by atoms with van der Waals surface area (Å²) in [4.78, 5) is 11.5. The molecule has 0 saturated heterocycles. The van der Waals surface area contributed by atoms with Gasteiger partial charge in [-0.1, -0.05) is 0 Å². The van der Waals surface area contributed by atoms with Crippen LogP contribution >= 0.6 is 11.6 Å². The van der Waals surface area contributed by atoms with E-state index in [-0.39, 0.29) is 23.8 Å². The van der Waals surface area contributed by atoms with Crippen molar-refractivity contribution in [1.82, 2.24) is 0 Å². The summed E-state index contributed by atoms with van der Waals surface area (Å²) in [5.41, 5.74) is 0.357. The van der Waals surface area contributed by atoms with E-state index in [1.165, 1.54) is 25.3 Å².